The molecule has 2 aliphatic rings. The van der Waals surface area contributed by atoms with Crippen LogP contribution in [0.4, 0.5) is 34.1 Å². The van der Waals surface area contributed by atoms with Gasteiger partial charge in [-0.1, -0.05) is 362 Å². The number of hydrogen-bond donors (Lipinski definition) is 0. The standard InChI is InChI=1S/C124H101BN6/c1-121(2,3)84-56-63-110-100(71-84)101-72-85(122(4,5)6)57-64-111(101)128(110)90-58-62-105-115(75-90)131(120-94(80-39-21-15-22-40-80)49-34-50-95(120)81-41-23-16-24-42-81)117-77-91(129-112-65-59-88(126-106-51-29-25-43-96(106)97-44-26-30-52-107(97)126)73-102(112)103-74-89(60-66-113(103)129)127-108-53-31-27-45-98(108)99-46-28-32-54-109(99)127)76-116-118(117)125(105)104-61-55-82(83-67-86(123(7,8)9)70-87(68-83)124(10,11)12)69-114(104)130(116)119-92(78-35-17-13-18-36-78)47-33-48-93(119)79-37-19-14-20-38-79/h13-77H,1-12H3. The number of hydrogen-bond acceptors (Lipinski definition) is 2. The van der Waals surface area contributed by atoms with Crippen LogP contribution in [0.2, 0.25) is 0 Å². The van der Waals surface area contributed by atoms with Gasteiger partial charge in [-0.3, -0.25) is 0 Å². The van der Waals surface area contributed by atoms with Gasteiger partial charge >= 0.3 is 0 Å². The highest BCUT2D eigenvalue weighted by Crippen LogP contribution is 2.56. The fraction of sp³-hybridized carbons (Fsp3) is 0.129. The van der Waals surface area contributed by atoms with Gasteiger partial charge in [0.05, 0.1) is 61.2 Å². The van der Waals surface area contributed by atoms with Crippen LogP contribution in [0, 0.1) is 0 Å². The van der Waals surface area contributed by atoms with Crippen molar-refractivity contribution in [1.29, 1.82) is 0 Å². The SMILES string of the molecule is CC(C)(C)c1cc(-c2ccc3c(c2)N(c2c(-c4ccccc4)cccc2-c2ccccc2)c2cc(-n4c5ccc(-n6c7ccccc7c7ccccc76)cc5c5cc(-n6c7ccccc7c7ccccc76)ccc54)cc4c2B3c2ccc(-n3c5ccc(C(C)(C)C)cc5c5cc(C(C)(C)C)ccc53)cc2N4c2c(-c3ccccc3)cccc2-c2ccccc2)cc(C(C)(C)C)c1. The van der Waals surface area contributed by atoms with Crippen molar-refractivity contribution in [3.05, 3.63) is 417 Å². The molecule has 0 saturated heterocycles. The number of aromatic nitrogens is 4. The molecule has 2 aliphatic heterocycles. The van der Waals surface area contributed by atoms with Crippen molar-refractivity contribution in [2.45, 2.75) is 105 Å². The largest absolute Gasteiger partial charge is 0.310 e. The van der Waals surface area contributed by atoms with E-state index >= 15 is 0 Å². The molecule has 0 radical (unpaired) electrons. The average molecular weight is 1690 g/mol. The van der Waals surface area contributed by atoms with E-state index in [1.165, 1.54) is 76.5 Å². The van der Waals surface area contributed by atoms with Crippen LogP contribution in [0.25, 0.3) is 166 Å². The molecule has 0 N–H and O–H groups in total. The van der Waals surface area contributed by atoms with E-state index in [2.05, 4.69) is 505 Å². The lowest BCUT2D eigenvalue weighted by Gasteiger charge is -2.46. The van der Waals surface area contributed by atoms with Crippen LogP contribution in [-0.4, -0.2) is 25.0 Å². The summed E-state index contributed by atoms with van der Waals surface area (Å²) >= 11 is 0. The van der Waals surface area contributed by atoms with Gasteiger partial charge in [-0.25, -0.2) is 0 Å². The maximum Gasteiger partial charge on any atom is 0.252 e. The summed E-state index contributed by atoms with van der Waals surface area (Å²) in [6.07, 6.45) is 0. The fourth-order valence-corrected chi connectivity index (χ4v) is 21.7. The lowest BCUT2D eigenvalue weighted by Crippen LogP contribution is -2.61. The molecule has 0 unspecified atom stereocenters. The van der Waals surface area contributed by atoms with Gasteiger partial charge in [0.25, 0.3) is 6.71 Å². The maximum atomic E-state index is 2.74. The molecule has 131 heavy (non-hydrogen) atoms. The number of anilines is 6. The highest BCUT2D eigenvalue weighted by molar-refractivity contribution is 7.00. The molecule has 0 aliphatic carbocycles. The second-order valence-electron chi connectivity index (χ2n) is 40.5. The first-order valence-electron chi connectivity index (χ1n) is 46.4. The van der Waals surface area contributed by atoms with E-state index in [1.54, 1.807) is 0 Å². The van der Waals surface area contributed by atoms with E-state index in [0.717, 1.165) is 162 Å². The molecule has 0 atom stereocenters. The Hall–Kier alpha value is -15.2. The average Bonchev–Trinajstić information content (AvgIpc) is 1.62. The monoisotopic (exact) mass is 1680 g/mol. The Labute approximate surface area is 766 Å². The molecule has 0 fully saturated rings. The fourth-order valence-electron chi connectivity index (χ4n) is 21.7. The molecule has 6 nitrogen and oxygen atoms in total. The van der Waals surface area contributed by atoms with Crippen molar-refractivity contribution < 1.29 is 0 Å². The Balaban J connectivity index is 0.887. The van der Waals surface area contributed by atoms with Gasteiger partial charge in [-0.05, 0) is 209 Å². The predicted molar refractivity (Wildman–Crippen MR) is 560 cm³/mol. The van der Waals surface area contributed by atoms with Crippen LogP contribution in [0.3, 0.4) is 0 Å². The van der Waals surface area contributed by atoms with Crippen molar-refractivity contribution in [2.24, 2.45) is 0 Å². The number of para-hydroxylation sites is 6. The minimum Gasteiger partial charge on any atom is -0.310 e. The summed E-state index contributed by atoms with van der Waals surface area (Å²) in [6.45, 7) is 27.9. The van der Waals surface area contributed by atoms with Gasteiger partial charge in [0.1, 0.15) is 0 Å². The van der Waals surface area contributed by atoms with E-state index in [4.69, 9.17) is 0 Å². The normalized spacial score (nSPS) is 13.0. The second kappa shape index (κ2) is 29.7. The Morgan fingerprint density at radius 3 is 0.840 bits per heavy atom. The second-order valence-corrected chi connectivity index (χ2v) is 40.5. The van der Waals surface area contributed by atoms with E-state index in [0.29, 0.717) is 0 Å². The lowest BCUT2D eigenvalue weighted by molar-refractivity contribution is 0.569. The molecule has 18 aromatic carbocycles. The summed E-state index contributed by atoms with van der Waals surface area (Å²) in [7, 11) is 0. The first kappa shape index (κ1) is 79.2. The number of fused-ring (bicyclic) bond motifs is 16. The zero-order valence-corrected chi connectivity index (χ0v) is 76.3. The van der Waals surface area contributed by atoms with Gasteiger partial charge in [0.15, 0.2) is 0 Å². The zero-order chi connectivity index (χ0) is 88.8. The predicted octanol–water partition coefficient (Wildman–Crippen LogP) is 31.7. The molecule has 7 heteroatoms. The van der Waals surface area contributed by atoms with Crippen LogP contribution in [0.15, 0.2) is 394 Å². The van der Waals surface area contributed by atoms with E-state index in [9.17, 15) is 0 Å². The first-order valence-corrected chi connectivity index (χ1v) is 46.4. The van der Waals surface area contributed by atoms with Crippen LogP contribution >= 0.6 is 0 Å². The van der Waals surface area contributed by atoms with Crippen molar-refractivity contribution in [1.82, 2.24) is 18.3 Å². The number of rotatable bonds is 11. The quantitative estimate of drug-likeness (QED) is 0.121. The molecule has 4 aromatic heterocycles. The maximum absolute atomic E-state index is 2.74. The molecular weight excluding hydrogens is 1580 g/mol. The summed E-state index contributed by atoms with van der Waals surface area (Å²) in [5.41, 5.74) is 39.5. The summed E-state index contributed by atoms with van der Waals surface area (Å²) in [5, 5.41) is 9.64. The summed E-state index contributed by atoms with van der Waals surface area (Å²) in [5.74, 6) is 0. The topological polar surface area (TPSA) is 26.2 Å². The van der Waals surface area contributed by atoms with Gasteiger partial charge in [0.2, 0.25) is 0 Å². The Kier molecular flexibility index (Phi) is 18.0. The first-order chi connectivity index (χ1) is 63.5. The summed E-state index contributed by atoms with van der Waals surface area (Å²) < 4.78 is 10.2. The third-order valence-electron chi connectivity index (χ3n) is 28.3. The molecule has 0 spiro atoms. The molecule has 0 saturated carbocycles. The molecule has 630 valence electrons. The van der Waals surface area contributed by atoms with E-state index < -0.39 is 0 Å². The van der Waals surface area contributed by atoms with Crippen LogP contribution < -0.4 is 26.2 Å². The van der Waals surface area contributed by atoms with Crippen molar-refractivity contribution in [2.75, 3.05) is 9.80 Å². The smallest absolute Gasteiger partial charge is 0.252 e. The lowest BCUT2D eigenvalue weighted by atomic mass is 9.33. The molecule has 22 aromatic rings. The van der Waals surface area contributed by atoms with Gasteiger partial charge in [0, 0.05) is 105 Å². The zero-order valence-electron chi connectivity index (χ0n) is 76.3. The molecular formula is C124H101BN6. The third-order valence-corrected chi connectivity index (χ3v) is 28.3. The van der Waals surface area contributed by atoms with E-state index in [-0.39, 0.29) is 28.4 Å². The van der Waals surface area contributed by atoms with Gasteiger partial charge in [-0.15, -0.1) is 0 Å². The van der Waals surface area contributed by atoms with E-state index in [1.807, 2.05) is 0 Å². The summed E-state index contributed by atoms with van der Waals surface area (Å²) in [6, 6.07) is 151. The number of nitrogens with zero attached hydrogens (tertiary/aromatic N) is 6. The minimum atomic E-state index is -0.337. The highest BCUT2D eigenvalue weighted by atomic mass is 15.2. The molecule has 0 bridgehead atoms. The summed E-state index contributed by atoms with van der Waals surface area (Å²) in [4.78, 5) is 5.48. The highest BCUT2D eigenvalue weighted by Gasteiger charge is 2.47. The number of benzene rings is 18. The third kappa shape index (κ3) is 12.7. The van der Waals surface area contributed by atoms with Crippen molar-refractivity contribution >= 4 is 144 Å². The van der Waals surface area contributed by atoms with Crippen molar-refractivity contribution in [3.8, 4) is 78.4 Å². The van der Waals surface area contributed by atoms with Crippen molar-refractivity contribution in [3.63, 3.8) is 0 Å². The van der Waals surface area contributed by atoms with Crippen LogP contribution in [-0.2, 0) is 21.7 Å². The van der Waals surface area contributed by atoms with Crippen LogP contribution in [0.5, 0.6) is 0 Å². The molecule has 24 rings (SSSR count). The Morgan fingerprint density at radius 1 is 0.183 bits per heavy atom. The molecule has 0 amide bonds. The Morgan fingerprint density at radius 2 is 0.473 bits per heavy atom. The van der Waals surface area contributed by atoms with Gasteiger partial charge < -0.3 is 28.1 Å². The molecule has 6 heterocycles. The Bertz CT molecular complexity index is 7940. The van der Waals surface area contributed by atoms with Gasteiger partial charge in [-0.2, -0.15) is 0 Å². The minimum absolute atomic E-state index is 0.0957. The van der Waals surface area contributed by atoms with Crippen LogP contribution in [0.1, 0.15) is 105 Å².